The van der Waals surface area contributed by atoms with Crippen LogP contribution in [0.2, 0.25) is 5.02 Å². The first-order valence-corrected chi connectivity index (χ1v) is 10.8. The van der Waals surface area contributed by atoms with Gasteiger partial charge in [-0.1, -0.05) is 50.6 Å². The Balaban J connectivity index is 2.00. The fourth-order valence-electron chi connectivity index (χ4n) is 3.06. The van der Waals surface area contributed by atoms with Crippen molar-refractivity contribution in [3.8, 4) is 0 Å². The lowest BCUT2D eigenvalue weighted by Gasteiger charge is -2.28. The van der Waals surface area contributed by atoms with Gasteiger partial charge in [0.15, 0.2) is 9.84 Å². The summed E-state index contributed by atoms with van der Waals surface area (Å²) in [5, 5.41) is 1.66. The second-order valence-electron chi connectivity index (χ2n) is 7.71. The predicted molar refractivity (Wildman–Crippen MR) is 110 cm³/mol. The zero-order valence-corrected chi connectivity index (χ0v) is 17.1. The Kier molecular flexibility index (Phi) is 5.19. The summed E-state index contributed by atoms with van der Waals surface area (Å²) < 4.78 is 23.8. The van der Waals surface area contributed by atoms with Gasteiger partial charge in [-0.3, -0.25) is 4.79 Å². The van der Waals surface area contributed by atoms with Crippen LogP contribution >= 0.6 is 11.6 Å². The van der Waals surface area contributed by atoms with Gasteiger partial charge in [0.25, 0.3) is 5.91 Å². The van der Waals surface area contributed by atoms with Gasteiger partial charge in [-0.2, -0.15) is 0 Å². The van der Waals surface area contributed by atoms with Crippen LogP contribution in [0.15, 0.2) is 60.0 Å². The molecule has 0 saturated heterocycles. The van der Waals surface area contributed by atoms with Crippen LogP contribution in [0.3, 0.4) is 0 Å². The largest absolute Gasteiger partial charge is 0.300 e. The Morgan fingerprint density at radius 3 is 2.30 bits per heavy atom. The van der Waals surface area contributed by atoms with E-state index < -0.39 is 15.9 Å². The summed E-state index contributed by atoms with van der Waals surface area (Å²) in [6.07, 6.45) is 1.55. The number of sulfone groups is 1. The number of rotatable bonds is 3. The number of carbonyl (C=O) groups is 1. The van der Waals surface area contributed by atoms with E-state index in [1.807, 2.05) is 12.1 Å². The lowest BCUT2D eigenvalue weighted by Crippen LogP contribution is -2.41. The fourth-order valence-corrected chi connectivity index (χ4v) is 4.51. The molecule has 0 radical (unpaired) electrons. The quantitative estimate of drug-likeness (QED) is 0.752. The highest BCUT2D eigenvalue weighted by atomic mass is 35.5. The van der Waals surface area contributed by atoms with E-state index in [0.717, 1.165) is 5.56 Å². The predicted octanol–water partition coefficient (Wildman–Crippen LogP) is 4.60. The van der Waals surface area contributed by atoms with Crippen LogP contribution in [0.5, 0.6) is 0 Å². The lowest BCUT2D eigenvalue weighted by molar-refractivity contribution is 0.0983. The first-order chi connectivity index (χ1) is 12.6. The molecule has 1 aliphatic rings. The Morgan fingerprint density at radius 2 is 1.78 bits per heavy atom. The number of hydrogen-bond acceptors (Lipinski definition) is 3. The molecular formula is C21H22ClNO3S. The van der Waals surface area contributed by atoms with E-state index in [2.05, 4.69) is 20.8 Å². The minimum Gasteiger partial charge on any atom is -0.300 e. The number of nitrogens with zero attached hydrogens (tertiary/aromatic N) is 1. The molecule has 2 aromatic rings. The number of anilines is 1. The second kappa shape index (κ2) is 7.13. The number of hydrogen-bond donors (Lipinski definition) is 0. The first-order valence-electron chi connectivity index (χ1n) is 8.67. The van der Waals surface area contributed by atoms with Gasteiger partial charge in [-0.05, 0) is 47.4 Å². The average molecular weight is 404 g/mol. The smallest absolute Gasteiger partial charge is 0.258 e. The molecule has 1 aliphatic heterocycles. The molecule has 1 atom stereocenters. The normalized spacial score (nSPS) is 18.4. The fraction of sp³-hybridized carbons (Fsp3) is 0.286. The molecule has 27 heavy (non-hydrogen) atoms. The van der Waals surface area contributed by atoms with Crippen LogP contribution < -0.4 is 4.90 Å². The van der Waals surface area contributed by atoms with E-state index in [1.54, 1.807) is 42.5 Å². The van der Waals surface area contributed by atoms with Crippen molar-refractivity contribution in [2.24, 2.45) is 0 Å². The third-order valence-electron chi connectivity index (χ3n) is 4.55. The summed E-state index contributed by atoms with van der Waals surface area (Å²) in [5.74, 6) is -0.393. The lowest BCUT2D eigenvalue weighted by atomic mass is 9.86. The van der Waals surface area contributed by atoms with Crippen molar-refractivity contribution in [1.29, 1.82) is 0 Å². The van der Waals surface area contributed by atoms with E-state index in [1.165, 1.54) is 10.3 Å². The van der Waals surface area contributed by atoms with Gasteiger partial charge in [-0.15, -0.1) is 0 Å². The van der Waals surface area contributed by atoms with Gasteiger partial charge >= 0.3 is 0 Å². The monoisotopic (exact) mass is 403 g/mol. The maximum absolute atomic E-state index is 13.3. The van der Waals surface area contributed by atoms with Crippen molar-refractivity contribution < 1.29 is 13.2 Å². The third kappa shape index (κ3) is 4.42. The SMILES string of the molecule is CC(C)(C)c1ccc(C(=O)N(c2cccc(Cl)c2)[C@@H]2C=CS(=O)(=O)C2)cc1. The van der Waals surface area contributed by atoms with E-state index in [4.69, 9.17) is 11.6 Å². The summed E-state index contributed by atoms with van der Waals surface area (Å²) in [5.41, 5.74) is 2.17. The standard InChI is InChI=1S/C21H22ClNO3S/c1-21(2,3)16-9-7-15(8-10-16)20(24)23(18-6-4-5-17(22)13-18)19-11-12-27(25,26)14-19/h4-13,19H,14H2,1-3H3/t19-/m1/s1. The molecule has 0 unspecified atom stereocenters. The van der Waals surface area contributed by atoms with Crippen LogP contribution in [0.4, 0.5) is 5.69 Å². The Hall–Kier alpha value is -2.11. The van der Waals surface area contributed by atoms with Crippen molar-refractivity contribution in [3.05, 3.63) is 76.2 Å². The molecule has 0 bridgehead atoms. The zero-order valence-electron chi connectivity index (χ0n) is 15.5. The number of benzene rings is 2. The number of carbonyl (C=O) groups excluding carboxylic acids is 1. The molecule has 0 N–H and O–H groups in total. The molecular weight excluding hydrogens is 382 g/mol. The van der Waals surface area contributed by atoms with Gasteiger partial charge in [-0.25, -0.2) is 8.42 Å². The first kappa shape index (κ1) is 19.6. The van der Waals surface area contributed by atoms with Crippen LogP contribution in [0, 0.1) is 0 Å². The van der Waals surface area contributed by atoms with Crippen LogP contribution in [0.1, 0.15) is 36.7 Å². The van der Waals surface area contributed by atoms with E-state index >= 15 is 0 Å². The molecule has 0 fully saturated rings. The van der Waals surface area contributed by atoms with E-state index in [9.17, 15) is 13.2 Å². The molecule has 0 saturated carbocycles. The Morgan fingerprint density at radius 1 is 1.11 bits per heavy atom. The van der Waals surface area contributed by atoms with Crippen molar-refractivity contribution in [2.45, 2.75) is 32.2 Å². The van der Waals surface area contributed by atoms with Gasteiger partial charge in [0, 0.05) is 21.7 Å². The minimum absolute atomic E-state index is 0.0174. The van der Waals surface area contributed by atoms with Crippen molar-refractivity contribution >= 4 is 33.0 Å². The highest BCUT2D eigenvalue weighted by Crippen LogP contribution is 2.28. The highest BCUT2D eigenvalue weighted by Gasteiger charge is 2.32. The number of halogens is 1. The van der Waals surface area contributed by atoms with E-state index in [0.29, 0.717) is 16.3 Å². The van der Waals surface area contributed by atoms with Crippen LogP contribution in [-0.2, 0) is 15.3 Å². The van der Waals surface area contributed by atoms with Gasteiger partial charge in [0.1, 0.15) is 0 Å². The van der Waals surface area contributed by atoms with Crippen molar-refractivity contribution in [3.63, 3.8) is 0 Å². The molecule has 1 amide bonds. The zero-order chi connectivity index (χ0) is 19.8. The maximum atomic E-state index is 13.3. The number of amides is 1. The molecule has 0 aliphatic carbocycles. The van der Waals surface area contributed by atoms with Crippen molar-refractivity contribution in [1.82, 2.24) is 0 Å². The van der Waals surface area contributed by atoms with Gasteiger partial charge in [0.2, 0.25) is 0 Å². The van der Waals surface area contributed by atoms with E-state index in [-0.39, 0.29) is 17.1 Å². The van der Waals surface area contributed by atoms with Gasteiger partial charge in [0.05, 0.1) is 11.8 Å². The summed E-state index contributed by atoms with van der Waals surface area (Å²) in [6, 6.07) is 13.8. The molecule has 4 nitrogen and oxygen atoms in total. The summed E-state index contributed by atoms with van der Waals surface area (Å²) in [6.45, 7) is 6.32. The summed E-state index contributed by atoms with van der Waals surface area (Å²) >= 11 is 6.10. The highest BCUT2D eigenvalue weighted by molar-refractivity contribution is 7.94. The topological polar surface area (TPSA) is 54.5 Å². The molecule has 142 valence electrons. The molecule has 0 spiro atoms. The summed E-state index contributed by atoms with van der Waals surface area (Å²) in [4.78, 5) is 14.8. The molecule has 1 heterocycles. The van der Waals surface area contributed by atoms with Crippen LogP contribution in [0.25, 0.3) is 0 Å². The molecule has 2 aromatic carbocycles. The third-order valence-corrected chi connectivity index (χ3v) is 6.16. The second-order valence-corrected chi connectivity index (χ2v) is 10.1. The summed E-state index contributed by atoms with van der Waals surface area (Å²) in [7, 11) is -3.31. The molecule has 3 rings (SSSR count). The van der Waals surface area contributed by atoms with Gasteiger partial charge < -0.3 is 4.90 Å². The Labute approximate surface area is 165 Å². The maximum Gasteiger partial charge on any atom is 0.258 e. The minimum atomic E-state index is -3.31. The van der Waals surface area contributed by atoms with Crippen molar-refractivity contribution in [2.75, 3.05) is 10.7 Å². The Bertz CT molecular complexity index is 989. The average Bonchev–Trinajstić information content (AvgIpc) is 2.94. The van der Waals surface area contributed by atoms with Crippen LogP contribution in [-0.4, -0.2) is 26.1 Å². The molecule has 6 heteroatoms. The molecule has 0 aromatic heterocycles.